The predicted molar refractivity (Wildman–Crippen MR) is 80.2 cm³/mol. The molecule has 0 aromatic heterocycles. The molecule has 1 saturated heterocycles. The van der Waals surface area contributed by atoms with Crippen LogP contribution in [0.3, 0.4) is 0 Å². The first-order valence-electron chi connectivity index (χ1n) is 6.97. The summed E-state index contributed by atoms with van der Waals surface area (Å²) in [4.78, 5) is 11.8. The van der Waals surface area contributed by atoms with Gasteiger partial charge in [-0.15, -0.1) is 0 Å². The molecule has 0 atom stereocenters. The van der Waals surface area contributed by atoms with Gasteiger partial charge in [0, 0.05) is 18.1 Å². The highest BCUT2D eigenvalue weighted by atomic mass is 19.1. The Labute approximate surface area is 125 Å². The van der Waals surface area contributed by atoms with E-state index in [2.05, 4.69) is 5.32 Å². The van der Waals surface area contributed by atoms with Gasteiger partial charge in [0.2, 0.25) is 0 Å². The number of benzene rings is 1. The zero-order chi connectivity index (χ0) is 16.0. The SMILES string of the molecule is CNC(=O)c1cc(C)c(F)c(B2OC(C)(C)C(C)(C)O2)c1. The number of hydrogen-bond acceptors (Lipinski definition) is 3. The molecule has 1 aromatic carbocycles. The van der Waals surface area contributed by atoms with E-state index in [0.29, 0.717) is 11.1 Å². The minimum atomic E-state index is -0.821. The van der Waals surface area contributed by atoms with Crippen molar-refractivity contribution < 1.29 is 18.5 Å². The van der Waals surface area contributed by atoms with Crippen LogP contribution in [-0.2, 0) is 9.31 Å². The average molecular weight is 293 g/mol. The van der Waals surface area contributed by atoms with Crippen molar-refractivity contribution in [3.8, 4) is 0 Å². The summed E-state index contributed by atoms with van der Waals surface area (Å²) in [6, 6.07) is 3.01. The molecular weight excluding hydrogens is 272 g/mol. The van der Waals surface area contributed by atoms with Gasteiger partial charge in [-0.3, -0.25) is 4.79 Å². The molecule has 1 aliphatic rings. The molecule has 2 rings (SSSR count). The number of amides is 1. The molecule has 21 heavy (non-hydrogen) atoms. The zero-order valence-electron chi connectivity index (χ0n) is 13.3. The highest BCUT2D eigenvalue weighted by Gasteiger charge is 2.52. The molecule has 1 fully saturated rings. The van der Waals surface area contributed by atoms with Gasteiger partial charge >= 0.3 is 7.12 Å². The number of hydrogen-bond donors (Lipinski definition) is 1. The maximum atomic E-state index is 14.4. The van der Waals surface area contributed by atoms with Crippen molar-refractivity contribution in [3.05, 3.63) is 29.1 Å². The zero-order valence-corrected chi connectivity index (χ0v) is 13.3. The van der Waals surface area contributed by atoms with E-state index in [1.807, 2.05) is 27.7 Å². The van der Waals surface area contributed by atoms with Crippen LogP contribution in [0.15, 0.2) is 12.1 Å². The highest BCUT2D eigenvalue weighted by Crippen LogP contribution is 2.36. The molecule has 0 bridgehead atoms. The predicted octanol–water partition coefficient (Wildman–Crippen LogP) is 1.79. The summed E-state index contributed by atoms with van der Waals surface area (Å²) >= 11 is 0. The largest absolute Gasteiger partial charge is 0.497 e. The third kappa shape index (κ3) is 2.70. The third-order valence-electron chi connectivity index (χ3n) is 4.28. The lowest BCUT2D eigenvalue weighted by atomic mass is 9.77. The smallest absolute Gasteiger partial charge is 0.399 e. The monoisotopic (exact) mass is 293 g/mol. The first kappa shape index (κ1) is 16.0. The second-order valence-corrected chi connectivity index (χ2v) is 6.36. The van der Waals surface area contributed by atoms with Gasteiger partial charge in [-0.05, 0) is 52.3 Å². The number of carbonyl (C=O) groups is 1. The topological polar surface area (TPSA) is 47.6 Å². The summed E-state index contributed by atoms with van der Waals surface area (Å²) in [5, 5.41) is 2.54. The van der Waals surface area contributed by atoms with Crippen LogP contribution >= 0.6 is 0 Å². The van der Waals surface area contributed by atoms with E-state index < -0.39 is 24.1 Å². The fourth-order valence-corrected chi connectivity index (χ4v) is 2.21. The second kappa shape index (κ2) is 5.11. The number of nitrogens with one attached hydrogen (secondary N) is 1. The van der Waals surface area contributed by atoms with Gasteiger partial charge in [0.15, 0.2) is 0 Å². The Hall–Kier alpha value is -1.40. The summed E-state index contributed by atoms with van der Waals surface area (Å²) in [7, 11) is 0.716. The Morgan fingerprint density at radius 2 is 1.71 bits per heavy atom. The highest BCUT2D eigenvalue weighted by molar-refractivity contribution is 6.62. The number of aryl methyl sites for hydroxylation is 1. The first-order valence-corrected chi connectivity index (χ1v) is 6.97. The van der Waals surface area contributed by atoms with E-state index in [4.69, 9.17) is 9.31 Å². The van der Waals surface area contributed by atoms with Gasteiger partial charge in [-0.1, -0.05) is 0 Å². The Morgan fingerprint density at radius 3 is 2.19 bits per heavy atom. The quantitative estimate of drug-likeness (QED) is 0.846. The molecule has 1 aliphatic heterocycles. The lowest BCUT2D eigenvalue weighted by Gasteiger charge is -2.32. The summed E-state index contributed by atoms with van der Waals surface area (Å²) in [6.45, 7) is 9.23. The molecule has 4 nitrogen and oxygen atoms in total. The van der Waals surface area contributed by atoms with Gasteiger partial charge in [-0.25, -0.2) is 4.39 Å². The fourth-order valence-electron chi connectivity index (χ4n) is 2.21. The van der Waals surface area contributed by atoms with Gasteiger partial charge in [0.1, 0.15) is 5.82 Å². The number of carbonyl (C=O) groups excluding carboxylic acids is 1. The Balaban J connectivity index is 2.46. The molecule has 0 unspecified atom stereocenters. The summed E-state index contributed by atoms with van der Waals surface area (Å²) in [6.07, 6.45) is 0. The van der Waals surface area contributed by atoms with Crippen LogP contribution in [-0.4, -0.2) is 31.3 Å². The van der Waals surface area contributed by atoms with E-state index >= 15 is 0 Å². The van der Waals surface area contributed by atoms with Crippen LogP contribution in [0, 0.1) is 12.7 Å². The number of rotatable bonds is 2. The maximum Gasteiger partial charge on any atom is 0.497 e. The average Bonchev–Trinajstić information content (AvgIpc) is 2.60. The van der Waals surface area contributed by atoms with E-state index in [1.54, 1.807) is 6.92 Å². The standard InChI is InChI=1S/C15H21BFNO3/c1-9-7-10(13(19)18-6)8-11(12(9)17)16-20-14(2,3)15(4,5)21-16/h7-8H,1-6H3,(H,18,19). The molecule has 0 radical (unpaired) electrons. The fraction of sp³-hybridized carbons (Fsp3) is 0.533. The van der Waals surface area contributed by atoms with Crippen LogP contribution in [0.1, 0.15) is 43.6 Å². The summed E-state index contributed by atoms with van der Waals surface area (Å²) in [5.74, 6) is -0.669. The van der Waals surface area contributed by atoms with Crippen LogP contribution in [0.4, 0.5) is 4.39 Å². The molecule has 1 aromatic rings. The molecule has 0 spiro atoms. The van der Waals surface area contributed by atoms with Crippen LogP contribution in [0.5, 0.6) is 0 Å². The van der Waals surface area contributed by atoms with Crippen molar-refractivity contribution >= 4 is 18.5 Å². The van der Waals surface area contributed by atoms with Crippen molar-refractivity contribution in [1.29, 1.82) is 0 Å². The van der Waals surface area contributed by atoms with E-state index in [0.717, 1.165) is 0 Å². The summed E-state index contributed by atoms with van der Waals surface area (Å²) < 4.78 is 26.1. The van der Waals surface area contributed by atoms with Crippen molar-refractivity contribution in [2.24, 2.45) is 0 Å². The molecule has 1 heterocycles. The van der Waals surface area contributed by atoms with Crippen molar-refractivity contribution in [1.82, 2.24) is 5.32 Å². The van der Waals surface area contributed by atoms with Gasteiger partial charge in [0.05, 0.1) is 11.2 Å². The Morgan fingerprint density at radius 1 is 1.19 bits per heavy atom. The van der Waals surface area contributed by atoms with Crippen LogP contribution in [0.2, 0.25) is 0 Å². The molecule has 0 saturated carbocycles. The lowest BCUT2D eigenvalue weighted by molar-refractivity contribution is 0.00578. The molecule has 1 amide bonds. The molecular formula is C15H21BFNO3. The van der Waals surface area contributed by atoms with Crippen LogP contribution < -0.4 is 10.8 Å². The van der Waals surface area contributed by atoms with E-state index in [-0.39, 0.29) is 11.4 Å². The van der Waals surface area contributed by atoms with E-state index in [1.165, 1.54) is 19.2 Å². The number of halogens is 1. The van der Waals surface area contributed by atoms with Crippen molar-refractivity contribution in [3.63, 3.8) is 0 Å². The normalized spacial score (nSPS) is 19.7. The maximum absolute atomic E-state index is 14.4. The van der Waals surface area contributed by atoms with Gasteiger partial charge in [0.25, 0.3) is 5.91 Å². The molecule has 1 N–H and O–H groups in total. The van der Waals surface area contributed by atoms with Gasteiger partial charge < -0.3 is 14.6 Å². The minimum Gasteiger partial charge on any atom is -0.399 e. The van der Waals surface area contributed by atoms with Crippen molar-refractivity contribution in [2.75, 3.05) is 7.05 Å². The minimum absolute atomic E-state index is 0.257. The summed E-state index contributed by atoms with van der Waals surface area (Å²) in [5.41, 5.74) is -0.0728. The molecule has 114 valence electrons. The molecule has 0 aliphatic carbocycles. The van der Waals surface area contributed by atoms with E-state index in [9.17, 15) is 9.18 Å². The third-order valence-corrected chi connectivity index (χ3v) is 4.28. The Bertz CT molecular complexity index is 571. The lowest BCUT2D eigenvalue weighted by Crippen LogP contribution is -2.41. The van der Waals surface area contributed by atoms with Gasteiger partial charge in [-0.2, -0.15) is 0 Å². The first-order chi connectivity index (χ1) is 9.59. The van der Waals surface area contributed by atoms with Crippen molar-refractivity contribution in [2.45, 2.75) is 45.8 Å². The van der Waals surface area contributed by atoms with Crippen LogP contribution in [0.25, 0.3) is 0 Å². The Kier molecular flexibility index (Phi) is 3.89. The molecule has 6 heteroatoms. The second-order valence-electron chi connectivity index (χ2n) is 6.36.